The molecule has 5 nitrogen and oxygen atoms in total. The molecule has 0 spiro atoms. The fourth-order valence-electron chi connectivity index (χ4n) is 1.98. The third kappa shape index (κ3) is 4.74. The Morgan fingerprint density at radius 2 is 1.62 bits per heavy atom. The minimum absolute atomic E-state index is 0.0568. The summed E-state index contributed by atoms with van der Waals surface area (Å²) < 4.78 is 0. The second kappa shape index (κ2) is 6.62. The summed E-state index contributed by atoms with van der Waals surface area (Å²) in [6, 6.07) is -0.0728. The van der Waals surface area contributed by atoms with E-state index in [2.05, 4.69) is 23.3 Å². The summed E-state index contributed by atoms with van der Waals surface area (Å²) in [6.45, 7) is 0. The Morgan fingerprint density at radius 1 is 1.12 bits per heavy atom. The van der Waals surface area contributed by atoms with Gasteiger partial charge >= 0.3 is 6.03 Å². The van der Waals surface area contributed by atoms with Crippen LogP contribution in [0.2, 0.25) is 0 Å². The summed E-state index contributed by atoms with van der Waals surface area (Å²) >= 11 is 4.01. The molecule has 0 saturated heterocycles. The number of nitrogens with two attached hydrogens (primary N) is 1. The van der Waals surface area contributed by atoms with Crippen molar-refractivity contribution in [1.29, 1.82) is 0 Å². The van der Waals surface area contributed by atoms with Crippen LogP contribution in [0.3, 0.4) is 0 Å². The van der Waals surface area contributed by atoms with Crippen molar-refractivity contribution in [2.24, 2.45) is 5.73 Å². The van der Waals surface area contributed by atoms with Gasteiger partial charge in [0.15, 0.2) is 0 Å². The van der Waals surface area contributed by atoms with Gasteiger partial charge in [0.05, 0.1) is 0 Å². The molecule has 1 aliphatic carbocycles. The lowest BCUT2D eigenvalue weighted by Crippen LogP contribution is -2.45. The maximum absolute atomic E-state index is 11.3. The molecular weight excluding hydrogens is 226 g/mol. The van der Waals surface area contributed by atoms with E-state index in [0.717, 1.165) is 25.7 Å². The lowest BCUT2D eigenvalue weighted by Gasteiger charge is -2.29. The van der Waals surface area contributed by atoms with E-state index in [1.54, 1.807) is 0 Å². The van der Waals surface area contributed by atoms with Crippen molar-refractivity contribution >= 4 is 24.6 Å². The SMILES string of the molecule is NC(=O)NC1CCC(NC(=O)CCS)CC1. The lowest BCUT2D eigenvalue weighted by molar-refractivity contribution is -0.121. The smallest absolute Gasteiger partial charge is 0.312 e. The Kier molecular flexibility index (Phi) is 5.45. The lowest BCUT2D eigenvalue weighted by atomic mass is 9.91. The average molecular weight is 245 g/mol. The number of carbonyl (C=O) groups excluding carboxylic acids is 2. The molecule has 0 aromatic carbocycles. The van der Waals surface area contributed by atoms with Crippen molar-refractivity contribution in [1.82, 2.24) is 10.6 Å². The second-order valence-corrected chi connectivity index (χ2v) is 4.55. The van der Waals surface area contributed by atoms with Gasteiger partial charge in [0.1, 0.15) is 0 Å². The van der Waals surface area contributed by atoms with E-state index < -0.39 is 6.03 Å². The zero-order valence-electron chi connectivity index (χ0n) is 9.24. The molecule has 1 aliphatic rings. The summed E-state index contributed by atoms with van der Waals surface area (Å²) in [6.07, 6.45) is 3.98. The third-order valence-electron chi connectivity index (χ3n) is 2.78. The summed E-state index contributed by atoms with van der Waals surface area (Å²) in [4.78, 5) is 22.0. The predicted molar refractivity (Wildman–Crippen MR) is 65.4 cm³/mol. The Labute approximate surface area is 101 Å². The molecule has 92 valence electrons. The van der Waals surface area contributed by atoms with Crippen molar-refractivity contribution < 1.29 is 9.59 Å². The Bertz CT molecular complexity index is 252. The molecule has 1 fully saturated rings. The van der Waals surface area contributed by atoms with Gasteiger partial charge in [-0.1, -0.05) is 0 Å². The molecule has 3 amide bonds. The van der Waals surface area contributed by atoms with Crippen LogP contribution in [0.4, 0.5) is 4.79 Å². The molecule has 0 heterocycles. The molecule has 0 aromatic rings. The highest BCUT2D eigenvalue weighted by Gasteiger charge is 2.22. The first kappa shape index (κ1) is 13.2. The van der Waals surface area contributed by atoms with Crippen molar-refractivity contribution in [3.63, 3.8) is 0 Å². The molecule has 0 aromatic heterocycles. The normalized spacial score (nSPS) is 24.8. The number of primary amides is 1. The van der Waals surface area contributed by atoms with Gasteiger partial charge < -0.3 is 16.4 Å². The number of carbonyl (C=O) groups is 2. The van der Waals surface area contributed by atoms with Gasteiger partial charge in [0, 0.05) is 18.5 Å². The van der Waals surface area contributed by atoms with Gasteiger partial charge in [-0.2, -0.15) is 12.6 Å². The van der Waals surface area contributed by atoms with E-state index in [0.29, 0.717) is 12.2 Å². The molecule has 0 atom stereocenters. The molecule has 6 heteroatoms. The molecule has 0 aliphatic heterocycles. The van der Waals surface area contributed by atoms with Crippen LogP contribution in [-0.4, -0.2) is 29.8 Å². The van der Waals surface area contributed by atoms with Crippen molar-refractivity contribution in [3.8, 4) is 0 Å². The summed E-state index contributed by atoms with van der Waals surface area (Å²) in [5.41, 5.74) is 5.05. The van der Waals surface area contributed by atoms with Gasteiger partial charge in [-0.15, -0.1) is 0 Å². The molecule has 4 N–H and O–H groups in total. The number of rotatable bonds is 4. The van der Waals surface area contributed by atoms with Crippen LogP contribution in [0.25, 0.3) is 0 Å². The van der Waals surface area contributed by atoms with Crippen LogP contribution >= 0.6 is 12.6 Å². The highest BCUT2D eigenvalue weighted by Crippen LogP contribution is 2.18. The summed E-state index contributed by atoms with van der Waals surface area (Å²) in [5.74, 6) is 0.631. The average Bonchev–Trinajstić information content (AvgIpc) is 2.20. The van der Waals surface area contributed by atoms with Crippen LogP contribution in [0.1, 0.15) is 32.1 Å². The maximum atomic E-state index is 11.3. The van der Waals surface area contributed by atoms with Crippen LogP contribution in [-0.2, 0) is 4.79 Å². The van der Waals surface area contributed by atoms with Gasteiger partial charge in [-0.05, 0) is 31.4 Å². The fraction of sp³-hybridized carbons (Fsp3) is 0.800. The predicted octanol–water partition coefficient (Wildman–Crippen LogP) is 0.402. The fourth-order valence-corrected chi connectivity index (χ4v) is 2.19. The van der Waals surface area contributed by atoms with E-state index in [9.17, 15) is 9.59 Å². The molecule has 16 heavy (non-hydrogen) atoms. The van der Waals surface area contributed by atoms with Crippen LogP contribution in [0.15, 0.2) is 0 Å². The van der Waals surface area contributed by atoms with Gasteiger partial charge in [-0.25, -0.2) is 4.79 Å². The molecule has 0 unspecified atom stereocenters. The van der Waals surface area contributed by atoms with E-state index in [-0.39, 0.29) is 18.0 Å². The van der Waals surface area contributed by atoms with Crippen LogP contribution in [0, 0.1) is 0 Å². The molecular formula is C10H19N3O2S. The number of nitrogens with one attached hydrogen (secondary N) is 2. The van der Waals surface area contributed by atoms with Gasteiger partial charge in [0.25, 0.3) is 0 Å². The molecule has 1 rings (SSSR count). The topological polar surface area (TPSA) is 84.2 Å². The first-order valence-electron chi connectivity index (χ1n) is 5.58. The third-order valence-corrected chi connectivity index (χ3v) is 3.00. The van der Waals surface area contributed by atoms with Crippen LogP contribution < -0.4 is 16.4 Å². The van der Waals surface area contributed by atoms with Crippen molar-refractivity contribution in [3.05, 3.63) is 0 Å². The highest BCUT2D eigenvalue weighted by atomic mass is 32.1. The maximum Gasteiger partial charge on any atom is 0.312 e. The minimum atomic E-state index is -0.470. The van der Waals surface area contributed by atoms with Gasteiger partial charge in [-0.3, -0.25) is 4.79 Å². The van der Waals surface area contributed by atoms with E-state index in [4.69, 9.17) is 5.73 Å². The van der Waals surface area contributed by atoms with Crippen molar-refractivity contribution in [2.75, 3.05) is 5.75 Å². The number of hydrogen-bond donors (Lipinski definition) is 4. The molecule has 1 saturated carbocycles. The quantitative estimate of drug-likeness (QED) is 0.541. The Balaban J connectivity index is 2.21. The Morgan fingerprint density at radius 3 is 2.06 bits per heavy atom. The number of hydrogen-bond acceptors (Lipinski definition) is 3. The van der Waals surface area contributed by atoms with E-state index in [1.165, 1.54) is 0 Å². The van der Waals surface area contributed by atoms with Crippen LogP contribution in [0.5, 0.6) is 0 Å². The van der Waals surface area contributed by atoms with E-state index >= 15 is 0 Å². The Hall–Kier alpha value is -0.910. The standard InChI is InChI=1S/C10H19N3O2S/c11-10(15)13-8-3-1-7(2-4-8)12-9(14)5-6-16/h7-8,16H,1-6H2,(H,12,14)(H3,11,13,15). The zero-order chi connectivity index (χ0) is 12.0. The summed E-state index contributed by atoms with van der Waals surface area (Å²) in [7, 11) is 0. The summed E-state index contributed by atoms with van der Waals surface area (Å²) in [5, 5.41) is 5.66. The highest BCUT2D eigenvalue weighted by molar-refractivity contribution is 7.80. The monoisotopic (exact) mass is 245 g/mol. The molecule has 0 bridgehead atoms. The first-order chi connectivity index (χ1) is 7.61. The first-order valence-corrected chi connectivity index (χ1v) is 6.21. The van der Waals surface area contributed by atoms with Crippen molar-refractivity contribution in [2.45, 2.75) is 44.2 Å². The number of amides is 3. The number of thiol groups is 1. The zero-order valence-corrected chi connectivity index (χ0v) is 10.1. The van der Waals surface area contributed by atoms with E-state index in [1.807, 2.05) is 0 Å². The largest absolute Gasteiger partial charge is 0.353 e. The number of urea groups is 1. The molecule has 0 radical (unpaired) electrons. The van der Waals surface area contributed by atoms with Gasteiger partial charge in [0.2, 0.25) is 5.91 Å². The second-order valence-electron chi connectivity index (χ2n) is 4.10. The minimum Gasteiger partial charge on any atom is -0.353 e.